The number of amides is 2. The number of anilines is 1. The molecule has 7 heteroatoms. The Morgan fingerprint density at radius 3 is 2.79 bits per heavy atom. The first-order valence-electron chi connectivity index (χ1n) is 8.34. The summed E-state index contributed by atoms with van der Waals surface area (Å²) in [6, 6.07) is 5.20. The number of nitrogens with zero attached hydrogens (tertiary/aromatic N) is 2. The van der Waals surface area contributed by atoms with Gasteiger partial charge in [0.25, 0.3) is 11.8 Å². The van der Waals surface area contributed by atoms with Gasteiger partial charge in [0.15, 0.2) is 12.4 Å². The van der Waals surface area contributed by atoms with Crippen LogP contribution in [0.25, 0.3) is 0 Å². The van der Waals surface area contributed by atoms with E-state index >= 15 is 0 Å². The number of piperazine rings is 1. The van der Waals surface area contributed by atoms with Gasteiger partial charge in [0, 0.05) is 32.7 Å². The van der Waals surface area contributed by atoms with E-state index in [0.29, 0.717) is 36.6 Å². The summed E-state index contributed by atoms with van der Waals surface area (Å²) in [6.07, 6.45) is 0.420. The highest BCUT2D eigenvalue weighted by atomic mass is 16.5. The fraction of sp³-hybridized carbons (Fsp3) is 0.529. The third kappa shape index (κ3) is 3.52. The lowest BCUT2D eigenvalue weighted by Crippen LogP contribution is -2.50. The van der Waals surface area contributed by atoms with Gasteiger partial charge in [-0.3, -0.25) is 14.5 Å². The minimum Gasteiger partial charge on any atom is -0.481 e. The lowest BCUT2D eigenvalue weighted by Gasteiger charge is -2.36. The number of ether oxygens (including phenoxy) is 1. The van der Waals surface area contributed by atoms with Gasteiger partial charge in [-0.2, -0.15) is 0 Å². The van der Waals surface area contributed by atoms with Gasteiger partial charge in [0.05, 0.1) is 17.4 Å². The quantitative estimate of drug-likeness (QED) is 0.841. The zero-order valence-corrected chi connectivity index (χ0v) is 13.8. The molecule has 24 heavy (non-hydrogen) atoms. The molecular formula is C17H23N3O4. The van der Waals surface area contributed by atoms with Crippen LogP contribution in [0, 0.1) is 0 Å². The average molecular weight is 333 g/mol. The Bertz CT molecular complexity index is 626. The highest BCUT2D eigenvalue weighted by Crippen LogP contribution is 2.32. The predicted octanol–water partition coefficient (Wildman–Crippen LogP) is 0.546. The Kier molecular flexibility index (Phi) is 5.01. The Morgan fingerprint density at radius 1 is 1.33 bits per heavy atom. The minimum atomic E-state index is -0.314. The van der Waals surface area contributed by atoms with Crippen LogP contribution < -0.4 is 10.1 Å². The van der Waals surface area contributed by atoms with Gasteiger partial charge in [0.1, 0.15) is 0 Å². The molecule has 2 aliphatic rings. The lowest BCUT2D eigenvalue weighted by molar-refractivity contribution is -0.118. The second-order valence-corrected chi connectivity index (χ2v) is 6.17. The van der Waals surface area contributed by atoms with Crippen LogP contribution in [-0.2, 0) is 4.79 Å². The van der Waals surface area contributed by atoms with Crippen molar-refractivity contribution >= 4 is 17.5 Å². The molecule has 0 spiro atoms. The Hall–Kier alpha value is -2.12. The van der Waals surface area contributed by atoms with Crippen molar-refractivity contribution in [3.05, 3.63) is 23.8 Å². The monoisotopic (exact) mass is 333 g/mol. The summed E-state index contributed by atoms with van der Waals surface area (Å²) in [5.74, 6) is 0.153. The van der Waals surface area contributed by atoms with Crippen molar-refractivity contribution in [1.82, 2.24) is 9.80 Å². The third-order valence-electron chi connectivity index (χ3n) is 4.47. The number of rotatable bonds is 4. The molecule has 0 saturated carbocycles. The summed E-state index contributed by atoms with van der Waals surface area (Å²) in [5, 5.41) is 12.5. The number of β-amino-alcohol motifs (C(OH)–C–C–N with tert-alkyl or cyclic N) is 1. The van der Waals surface area contributed by atoms with Crippen LogP contribution in [0.3, 0.4) is 0 Å². The van der Waals surface area contributed by atoms with E-state index in [-0.39, 0.29) is 24.5 Å². The second-order valence-electron chi connectivity index (χ2n) is 6.17. The number of para-hydroxylation sites is 1. The maximum Gasteiger partial charge on any atom is 0.262 e. The number of aliphatic hydroxyl groups excluding tert-OH is 1. The normalized spacial score (nSPS) is 19.2. The summed E-state index contributed by atoms with van der Waals surface area (Å²) in [6.45, 7) is 5.26. The van der Waals surface area contributed by atoms with Crippen molar-refractivity contribution in [1.29, 1.82) is 0 Å². The summed E-state index contributed by atoms with van der Waals surface area (Å²) in [7, 11) is 0. The first-order chi connectivity index (χ1) is 11.6. The molecule has 2 aliphatic heterocycles. The van der Waals surface area contributed by atoms with Crippen LogP contribution in [0.15, 0.2) is 18.2 Å². The predicted molar refractivity (Wildman–Crippen MR) is 89.2 cm³/mol. The van der Waals surface area contributed by atoms with E-state index in [2.05, 4.69) is 10.2 Å². The van der Waals surface area contributed by atoms with Crippen molar-refractivity contribution in [2.45, 2.75) is 19.4 Å². The van der Waals surface area contributed by atoms with Crippen LogP contribution in [-0.4, -0.2) is 72.2 Å². The van der Waals surface area contributed by atoms with Gasteiger partial charge in [-0.15, -0.1) is 0 Å². The van der Waals surface area contributed by atoms with E-state index in [1.165, 1.54) is 0 Å². The van der Waals surface area contributed by atoms with Gasteiger partial charge < -0.3 is 20.1 Å². The summed E-state index contributed by atoms with van der Waals surface area (Å²) in [4.78, 5) is 28.2. The van der Waals surface area contributed by atoms with Crippen LogP contribution in [0.5, 0.6) is 5.75 Å². The number of nitrogens with one attached hydrogen (secondary N) is 1. The maximum absolute atomic E-state index is 12.8. The molecule has 0 radical (unpaired) electrons. The molecule has 1 fully saturated rings. The first-order valence-corrected chi connectivity index (χ1v) is 8.34. The SMILES string of the molecule is CC[C@@H](O)CN1CCN(C(=O)c2cccc3c2OCC(=O)N3)CC1. The smallest absolute Gasteiger partial charge is 0.262 e. The van der Waals surface area contributed by atoms with E-state index in [1.807, 2.05) is 6.92 Å². The number of benzene rings is 1. The standard InChI is InChI=1S/C17H23N3O4/c1-2-12(21)10-19-6-8-20(9-7-19)17(23)13-4-3-5-14-16(13)24-11-15(22)18-14/h3-5,12,21H,2,6-11H2,1H3,(H,18,22)/t12-/m1/s1. The summed E-state index contributed by atoms with van der Waals surface area (Å²) < 4.78 is 5.46. The first kappa shape index (κ1) is 16.7. The molecular weight excluding hydrogens is 310 g/mol. The van der Waals surface area contributed by atoms with Crippen molar-refractivity contribution in [2.24, 2.45) is 0 Å². The fourth-order valence-corrected chi connectivity index (χ4v) is 3.01. The van der Waals surface area contributed by atoms with Gasteiger partial charge in [0.2, 0.25) is 0 Å². The van der Waals surface area contributed by atoms with E-state index in [4.69, 9.17) is 4.74 Å². The summed E-state index contributed by atoms with van der Waals surface area (Å²) in [5.41, 5.74) is 1.02. The van der Waals surface area contributed by atoms with E-state index in [1.54, 1.807) is 23.1 Å². The topological polar surface area (TPSA) is 82.1 Å². The molecule has 1 aromatic carbocycles. The molecule has 0 aliphatic carbocycles. The van der Waals surface area contributed by atoms with Gasteiger partial charge >= 0.3 is 0 Å². The zero-order valence-electron chi connectivity index (χ0n) is 13.8. The number of fused-ring (bicyclic) bond motifs is 1. The van der Waals surface area contributed by atoms with Crippen LogP contribution in [0.1, 0.15) is 23.7 Å². The van der Waals surface area contributed by atoms with Gasteiger partial charge in [-0.25, -0.2) is 0 Å². The number of aliphatic hydroxyl groups is 1. The van der Waals surface area contributed by atoms with E-state index in [9.17, 15) is 14.7 Å². The molecule has 3 rings (SSSR count). The van der Waals surface area contributed by atoms with Crippen molar-refractivity contribution < 1.29 is 19.4 Å². The number of carbonyl (C=O) groups is 2. The second kappa shape index (κ2) is 7.19. The van der Waals surface area contributed by atoms with Gasteiger partial charge in [-0.05, 0) is 18.6 Å². The minimum absolute atomic E-state index is 0.0695. The van der Waals surface area contributed by atoms with Gasteiger partial charge in [-0.1, -0.05) is 13.0 Å². The fourth-order valence-electron chi connectivity index (χ4n) is 3.01. The Balaban J connectivity index is 1.66. The Morgan fingerprint density at radius 2 is 2.08 bits per heavy atom. The zero-order chi connectivity index (χ0) is 17.1. The molecule has 0 bridgehead atoms. The van der Waals surface area contributed by atoms with E-state index < -0.39 is 0 Å². The molecule has 130 valence electrons. The molecule has 0 aromatic heterocycles. The van der Waals surface area contributed by atoms with E-state index in [0.717, 1.165) is 19.5 Å². The highest BCUT2D eigenvalue weighted by molar-refractivity contribution is 6.03. The molecule has 1 saturated heterocycles. The number of hydrogen-bond acceptors (Lipinski definition) is 5. The average Bonchev–Trinajstić information content (AvgIpc) is 2.61. The molecule has 0 unspecified atom stereocenters. The van der Waals surface area contributed by atoms with Crippen LogP contribution in [0.4, 0.5) is 5.69 Å². The number of carbonyl (C=O) groups excluding carboxylic acids is 2. The molecule has 1 aromatic rings. The third-order valence-corrected chi connectivity index (χ3v) is 4.47. The molecule has 2 amide bonds. The molecule has 1 atom stereocenters. The lowest BCUT2D eigenvalue weighted by atomic mass is 10.1. The highest BCUT2D eigenvalue weighted by Gasteiger charge is 2.28. The largest absolute Gasteiger partial charge is 0.481 e. The number of hydrogen-bond donors (Lipinski definition) is 2. The van der Waals surface area contributed by atoms with Crippen molar-refractivity contribution in [2.75, 3.05) is 44.6 Å². The van der Waals surface area contributed by atoms with Crippen molar-refractivity contribution in [3.8, 4) is 5.75 Å². The van der Waals surface area contributed by atoms with Crippen molar-refractivity contribution in [3.63, 3.8) is 0 Å². The molecule has 2 N–H and O–H groups in total. The molecule has 7 nitrogen and oxygen atoms in total. The molecule has 2 heterocycles. The van der Waals surface area contributed by atoms with Crippen LogP contribution >= 0.6 is 0 Å². The maximum atomic E-state index is 12.8. The summed E-state index contributed by atoms with van der Waals surface area (Å²) >= 11 is 0. The Labute approximate surface area is 141 Å². The van der Waals surface area contributed by atoms with Crippen LogP contribution in [0.2, 0.25) is 0 Å².